The molecule has 0 saturated carbocycles. The first-order chi connectivity index (χ1) is 12.6. The van der Waals surface area contributed by atoms with Crippen LogP contribution in [0.25, 0.3) is 5.82 Å². The summed E-state index contributed by atoms with van der Waals surface area (Å²) in [7, 11) is 0. The van der Waals surface area contributed by atoms with Crippen LogP contribution >= 0.6 is 0 Å². The number of nitro groups is 1. The number of nitrogens with zero attached hydrogens (tertiary/aromatic N) is 5. The summed E-state index contributed by atoms with van der Waals surface area (Å²) >= 11 is 0. The Morgan fingerprint density at radius 2 is 1.96 bits per heavy atom. The largest absolute Gasteiger partial charge is 0.367 e. The zero-order valence-electron chi connectivity index (χ0n) is 13.6. The lowest BCUT2D eigenvalue weighted by Crippen LogP contribution is -2.29. The van der Waals surface area contributed by atoms with Crippen molar-refractivity contribution in [3.8, 4) is 5.82 Å². The molecule has 0 atom stereocenters. The molecule has 26 heavy (non-hydrogen) atoms. The fourth-order valence-electron chi connectivity index (χ4n) is 2.23. The van der Waals surface area contributed by atoms with Crippen LogP contribution in [-0.4, -0.2) is 43.9 Å². The number of hydrogen-bond acceptors (Lipinski definition) is 7. The van der Waals surface area contributed by atoms with Gasteiger partial charge in [0.05, 0.1) is 4.92 Å². The number of hydrogen-bond donors (Lipinski definition) is 2. The minimum Gasteiger partial charge on any atom is -0.367 e. The van der Waals surface area contributed by atoms with Gasteiger partial charge in [0.2, 0.25) is 0 Å². The van der Waals surface area contributed by atoms with Gasteiger partial charge in [0.1, 0.15) is 11.4 Å². The van der Waals surface area contributed by atoms with Gasteiger partial charge in [-0.3, -0.25) is 14.9 Å². The summed E-state index contributed by atoms with van der Waals surface area (Å²) in [5.74, 6) is 0.630. The van der Waals surface area contributed by atoms with E-state index >= 15 is 0 Å². The summed E-state index contributed by atoms with van der Waals surface area (Å²) < 4.78 is 1.59. The van der Waals surface area contributed by atoms with Gasteiger partial charge in [-0.2, -0.15) is 5.10 Å². The molecule has 1 aromatic carbocycles. The van der Waals surface area contributed by atoms with Crippen molar-refractivity contribution in [3.05, 3.63) is 70.5 Å². The van der Waals surface area contributed by atoms with Crippen LogP contribution in [0.15, 0.2) is 54.9 Å². The highest BCUT2D eigenvalue weighted by molar-refractivity contribution is 5.98. The van der Waals surface area contributed by atoms with Gasteiger partial charge in [-0.25, -0.2) is 4.68 Å². The van der Waals surface area contributed by atoms with Crippen molar-refractivity contribution in [2.24, 2.45) is 0 Å². The van der Waals surface area contributed by atoms with E-state index in [4.69, 9.17) is 0 Å². The number of carbonyl (C=O) groups excluding carboxylic acids is 1. The molecule has 3 aromatic rings. The number of nitrogens with one attached hydrogen (secondary N) is 2. The molecule has 0 radical (unpaired) electrons. The fourth-order valence-corrected chi connectivity index (χ4v) is 2.23. The average Bonchev–Trinajstić information content (AvgIpc) is 3.20. The Labute approximate surface area is 148 Å². The van der Waals surface area contributed by atoms with E-state index in [9.17, 15) is 14.9 Å². The van der Waals surface area contributed by atoms with Gasteiger partial charge in [-0.1, -0.05) is 12.1 Å². The van der Waals surface area contributed by atoms with Gasteiger partial charge < -0.3 is 10.6 Å². The highest BCUT2D eigenvalue weighted by Crippen LogP contribution is 2.17. The summed E-state index contributed by atoms with van der Waals surface area (Å²) in [5, 5.41) is 28.7. The third-order valence-corrected chi connectivity index (χ3v) is 3.45. The molecule has 0 saturated heterocycles. The molecule has 0 fully saturated rings. The number of amides is 1. The summed E-state index contributed by atoms with van der Waals surface area (Å²) in [6.45, 7) is 0.662. The Morgan fingerprint density at radius 1 is 1.12 bits per heavy atom. The van der Waals surface area contributed by atoms with Crippen molar-refractivity contribution in [1.29, 1.82) is 0 Å². The van der Waals surface area contributed by atoms with Crippen molar-refractivity contribution >= 4 is 17.4 Å². The Balaban J connectivity index is 1.50. The second-order valence-electron chi connectivity index (χ2n) is 5.18. The van der Waals surface area contributed by atoms with E-state index in [0.717, 1.165) is 0 Å². The zero-order chi connectivity index (χ0) is 18.4. The Hall–Kier alpha value is -3.82. The van der Waals surface area contributed by atoms with Crippen LogP contribution in [0.1, 0.15) is 10.4 Å². The Bertz CT molecular complexity index is 894. The summed E-state index contributed by atoms with van der Waals surface area (Å²) in [5.41, 5.74) is -0.195. The van der Waals surface area contributed by atoms with Gasteiger partial charge in [-0.15, -0.1) is 10.2 Å². The van der Waals surface area contributed by atoms with Crippen LogP contribution in [0.4, 0.5) is 11.5 Å². The highest BCUT2D eigenvalue weighted by atomic mass is 16.6. The quantitative estimate of drug-likeness (QED) is 0.373. The minimum absolute atomic E-state index is 0.0286. The maximum Gasteiger partial charge on any atom is 0.282 e. The molecule has 132 valence electrons. The molecule has 10 nitrogen and oxygen atoms in total. The van der Waals surface area contributed by atoms with Gasteiger partial charge in [0.15, 0.2) is 5.82 Å². The molecule has 0 unspecified atom stereocenters. The fraction of sp³-hybridized carbons (Fsp3) is 0.125. The maximum atomic E-state index is 12.1. The van der Waals surface area contributed by atoms with Crippen LogP contribution in [-0.2, 0) is 0 Å². The van der Waals surface area contributed by atoms with E-state index in [-0.39, 0.29) is 17.8 Å². The third kappa shape index (κ3) is 3.98. The summed E-state index contributed by atoms with van der Waals surface area (Å²) in [6, 6.07) is 11.1. The molecular formula is C16H15N7O3. The molecule has 0 spiro atoms. The molecule has 0 aliphatic carbocycles. The van der Waals surface area contributed by atoms with E-state index in [1.807, 2.05) is 0 Å². The van der Waals surface area contributed by atoms with Gasteiger partial charge >= 0.3 is 0 Å². The van der Waals surface area contributed by atoms with E-state index in [1.54, 1.807) is 41.3 Å². The predicted molar refractivity (Wildman–Crippen MR) is 93.1 cm³/mol. The topological polar surface area (TPSA) is 128 Å². The number of carbonyl (C=O) groups is 1. The lowest BCUT2D eigenvalue weighted by molar-refractivity contribution is -0.385. The van der Waals surface area contributed by atoms with Gasteiger partial charge in [0.25, 0.3) is 11.6 Å². The predicted octanol–water partition coefficient (Wildman–Crippen LogP) is 1.41. The first-order valence-corrected chi connectivity index (χ1v) is 7.74. The monoisotopic (exact) mass is 353 g/mol. The molecular weight excluding hydrogens is 338 g/mol. The summed E-state index contributed by atoms with van der Waals surface area (Å²) in [4.78, 5) is 22.4. The second-order valence-corrected chi connectivity index (χ2v) is 5.18. The first-order valence-electron chi connectivity index (χ1n) is 7.74. The number of para-hydroxylation sites is 1. The second kappa shape index (κ2) is 7.83. The SMILES string of the molecule is O=C(NCCNc1ccc(-n2cccn2)nn1)c1ccccc1[N+](=O)[O-]. The molecule has 2 aromatic heterocycles. The third-order valence-electron chi connectivity index (χ3n) is 3.45. The van der Waals surface area contributed by atoms with Crippen LogP contribution in [0.2, 0.25) is 0 Å². The summed E-state index contributed by atoms with van der Waals surface area (Å²) in [6.07, 6.45) is 3.41. The molecule has 0 bridgehead atoms. The molecule has 3 rings (SSSR count). The van der Waals surface area contributed by atoms with E-state index in [2.05, 4.69) is 25.9 Å². The van der Waals surface area contributed by atoms with Gasteiger partial charge in [0, 0.05) is 31.5 Å². The molecule has 0 aliphatic rings. The van der Waals surface area contributed by atoms with Crippen molar-refractivity contribution in [2.45, 2.75) is 0 Å². The Kier molecular flexibility index (Phi) is 5.13. The zero-order valence-corrected chi connectivity index (χ0v) is 13.6. The number of rotatable bonds is 7. The standard InChI is InChI=1S/C16H15N7O3/c24-16(12-4-1-2-5-13(12)23(25)26)18-10-9-17-14-6-7-15(21-20-14)22-11-3-8-19-22/h1-8,11H,9-10H2,(H,17,20)(H,18,24). The Morgan fingerprint density at radius 3 is 2.65 bits per heavy atom. The number of nitro benzene ring substituents is 1. The van der Waals surface area contributed by atoms with Crippen molar-refractivity contribution < 1.29 is 9.72 Å². The van der Waals surface area contributed by atoms with E-state index < -0.39 is 10.8 Å². The van der Waals surface area contributed by atoms with Crippen LogP contribution in [0, 0.1) is 10.1 Å². The van der Waals surface area contributed by atoms with Crippen molar-refractivity contribution in [2.75, 3.05) is 18.4 Å². The van der Waals surface area contributed by atoms with Gasteiger partial charge in [-0.05, 0) is 24.3 Å². The smallest absolute Gasteiger partial charge is 0.282 e. The molecule has 10 heteroatoms. The number of benzene rings is 1. The number of anilines is 1. The van der Waals surface area contributed by atoms with Crippen molar-refractivity contribution in [1.82, 2.24) is 25.3 Å². The van der Waals surface area contributed by atoms with Crippen LogP contribution < -0.4 is 10.6 Å². The first kappa shape index (κ1) is 17.0. The van der Waals surface area contributed by atoms with E-state index in [1.165, 1.54) is 18.2 Å². The lowest BCUT2D eigenvalue weighted by Gasteiger charge is -2.08. The molecule has 1 amide bonds. The normalized spacial score (nSPS) is 10.3. The highest BCUT2D eigenvalue weighted by Gasteiger charge is 2.18. The minimum atomic E-state index is -0.579. The van der Waals surface area contributed by atoms with Crippen LogP contribution in [0.3, 0.4) is 0 Å². The maximum absolute atomic E-state index is 12.1. The van der Waals surface area contributed by atoms with E-state index in [0.29, 0.717) is 18.2 Å². The molecule has 0 aliphatic heterocycles. The van der Waals surface area contributed by atoms with Crippen LogP contribution in [0.5, 0.6) is 0 Å². The molecule has 2 heterocycles. The number of aromatic nitrogens is 4. The lowest BCUT2D eigenvalue weighted by atomic mass is 10.1. The van der Waals surface area contributed by atoms with Crippen molar-refractivity contribution in [3.63, 3.8) is 0 Å². The average molecular weight is 353 g/mol. The molecule has 2 N–H and O–H groups in total.